The molecule has 0 spiro atoms. The van der Waals surface area contributed by atoms with Gasteiger partial charge in [0.15, 0.2) is 0 Å². The molecule has 158 valence electrons. The predicted octanol–water partition coefficient (Wildman–Crippen LogP) is 3.31. The molecule has 1 saturated carbocycles. The zero-order valence-electron chi connectivity index (χ0n) is 16.1. The van der Waals surface area contributed by atoms with Crippen molar-refractivity contribution in [3.05, 3.63) is 59.3 Å². The monoisotopic (exact) mass is 422 g/mol. The number of carbonyl (C=O) groups is 1. The van der Waals surface area contributed by atoms with Gasteiger partial charge in [0.2, 0.25) is 0 Å². The van der Waals surface area contributed by atoms with Crippen LogP contribution in [0.1, 0.15) is 32.1 Å². The zero-order valence-corrected chi connectivity index (χ0v) is 16.8. The maximum atomic E-state index is 10.6. The maximum absolute atomic E-state index is 10.6. The summed E-state index contributed by atoms with van der Waals surface area (Å²) >= 11 is 5.84. The molecule has 0 amide bonds. The van der Waals surface area contributed by atoms with E-state index in [4.69, 9.17) is 21.4 Å². The van der Waals surface area contributed by atoms with Crippen molar-refractivity contribution >= 4 is 17.6 Å². The first kappa shape index (κ1) is 23.2. The molecule has 1 aliphatic carbocycles. The van der Waals surface area contributed by atoms with Crippen LogP contribution in [-0.2, 0) is 4.79 Å². The van der Waals surface area contributed by atoms with E-state index in [1.165, 1.54) is 0 Å². The van der Waals surface area contributed by atoms with Gasteiger partial charge in [-0.05, 0) is 73.9 Å². The molecule has 0 bridgehead atoms. The summed E-state index contributed by atoms with van der Waals surface area (Å²) in [6.07, 6.45) is 9.88. The Balaban J connectivity index is 1.76. The van der Waals surface area contributed by atoms with E-state index >= 15 is 0 Å². The Morgan fingerprint density at radius 2 is 2.03 bits per heavy atom. The summed E-state index contributed by atoms with van der Waals surface area (Å²) in [7, 11) is 0. The summed E-state index contributed by atoms with van der Waals surface area (Å²) < 4.78 is 5.66. The number of ether oxygens (including phenoxy) is 1. The molecule has 7 heteroatoms. The molecule has 0 saturated heterocycles. The van der Waals surface area contributed by atoms with E-state index in [1.807, 2.05) is 12.1 Å². The molecule has 6 nitrogen and oxygen atoms in total. The van der Waals surface area contributed by atoms with E-state index < -0.39 is 17.9 Å². The van der Waals surface area contributed by atoms with Crippen molar-refractivity contribution in [1.29, 1.82) is 0 Å². The van der Waals surface area contributed by atoms with Gasteiger partial charge in [0.25, 0.3) is 5.79 Å². The van der Waals surface area contributed by atoms with Gasteiger partial charge in [0.05, 0.1) is 6.61 Å². The van der Waals surface area contributed by atoms with E-state index in [0.717, 1.165) is 43.9 Å². The van der Waals surface area contributed by atoms with Crippen molar-refractivity contribution in [2.75, 3.05) is 6.61 Å². The van der Waals surface area contributed by atoms with E-state index in [9.17, 15) is 20.1 Å². The van der Waals surface area contributed by atoms with Gasteiger partial charge in [-0.25, -0.2) is 4.79 Å². The maximum Gasteiger partial charge on any atom is 0.367 e. The number of benzene rings is 1. The second-order valence-corrected chi connectivity index (χ2v) is 7.56. The molecule has 0 aliphatic heterocycles. The Kier molecular flexibility index (Phi) is 8.96. The number of hydrogen-bond donors (Lipinski definition) is 4. The Labute approximate surface area is 175 Å². The molecule has 29 heavy (non-hydrogen) atoms. The van der Waals surface area contributed by atoms with Crippen LogP contribution in [0.15, 0.2) is 54.3 Å². The molecule has 0 radical (unpaired) electrons. The van der Waals surface area contributed by atoms with E-state index in [2.05, 4.69) is 17.9 Å². The number of aliphatic carboxylic acids is 1. The second-order valence-electron chi connectivity index (χ2n) is 7.12. The lowest BCUT2D eigenvalue weighted by molar-refractivity contribution is -0.227. The second kappa shape index (κ2) is 11.2. The molecule has 1 aromatic rings. The Morgan fingerprint density at radius 1 is 1.31 bits per heavy atom. The third kappa shape index (κ3) is 7.35. The summed E-state index contributed by atoms with van der Waals surface area (Å²) in [5.74, 6) is -3.45. The SMILES string of the molecule is O=C(O)C(O)(O)C(O)C=C=CC[C@H]1CCC[C@@H]1/C=C/CCOc1ccc(Cl)cc1. The molecule has 4 N–H and O–H groups in total. The van der Waals surface area contributed by atoms with Gasteiger partial charge in [0, 0.05) is 5.02 Å². The van der Waals surface area contributed by atoms with Gasteiger partial charge in [-0.1, -0.05) is 30.2 Å². The lowest BCUT2D eigenvalue weighted by atomic mass is 9.92. The molecule has 1 aliphatic rings. The molecule has 0 heterocycles. The highest BCUT2D eigenvalue weighted by atomic mass is 35.5. The van der Waals surface area contributed by atoms with Crippen LogP contribution >= 0.6 is 11.6 Å². The van der Waals surface area contributed by atoms with Crippen LogP contribution in [0.3, 0.4) is 0 Å². The average molecular weight is 423 g/mol. The van der Waals surface area contributed by atoms with Crippen molar-refractivity contribution in [3.8, 4) is 5.75 Å². The van der Waals surface area contributed by atoms with Crippen LogP contribution in [-0.4, -0.2) is 44.9 Å². The van der Waals surface area contributed by atoms with Gasteiger partial charge in [-0.3, -0.25) is 0 Å². The summed E-state index contributed by atoms with van der Waals surface area (Å²) in [4.78, 5) is 10.6. The normalized spacial score (nSPS) is 20.3. The zero-order chi connectivity index (χ0) is 21.3. The highest BCUT2D eigenvalue weighted by Crippen LogP contribution is 2.35. The first-order chi connectivity index (χ1) is 13.8. The molecule has 2 rings (SSSR count). The number of halogens is 1. The van der Waals surface area contributed by atoms with Crippen molar-refractivity contribution < 1.29 is 30.0 Å². The van der Waals surface area contributed by atoms with Gasteiger partial charge in [-0.15, -0.1) is 5.73 Å². The number of allylic oxidation sites excluding steroid dienone is 1. The van der Waals surface area contributed by atoms with Crippen LogP contribution in [0.4, 0.5) is 0 Å². The average Bonchev–Trinajstić information content (AvgIpc) is 3.13. The van der Waals surface area contributed by atoms with Crippen molar-refractivity contribution in [2.45, 2.75) is 44.0 Å². The fourth-order valence-electron chi connectivity index (χ4n) is 3.28. The topological polar surface area (TPSA) is 107 Å². The van der Waals surface area contributed by atoms with Crippen LogP contribution < -0.4 is 4.74 Å². The van der Waals surface area contributed by atoms with Crippen molar-refractivity contribution in [1.82, 2.24) is 0 Å². The fraction of sp³-hybridized carbons (Fsp3) is 0.455. The predicted molar refractivity (Wildman–Crippen MR) is 110 cm³/mol. The molecule has 0 aromatic heterocycles. The first-order valence-electron chi connectivity index (χ1n) is 9.63. The smallest absolute Gasteiger partial charge is 0.367 e. The molecule has 1 aromatic carbocycles. The molecule has 1 fully saturated rings. The van der Waals surface area contributed by atoms with Gasteiger partial charge in [-0.2, -0.15) is 0 Å². The van der Waals surface area contributed by atoms with Crippen molar-refractivity contribution in [2.24, 2.45) is 11.8 Å². The lowest BCUT2D eigenvalue weighted by Gasteiger charge is -2.19. The summed E-state index contributed by atoms with van der Waals surface area (Å²) in [6.45, 7) is 0.587. The number of carboxylic acid groups (broad SMARTS) is 1. The highest BCUT2D eigenvalue weighted by Gasteiger charge is 2.40. The number of carboxylic acids is 1. The van der Waals surface area contributed by atoms with Gasteiger partial charge < -0.3 is 25.2 Å². The van der Waals surface area contributed by atoms with Gasteiger partial charge >= 0.3 is 5.97 Å². The highest BCUT2D eigenvalue weighted by molar-refractivity contribution is 6.30. The van der Waals surface area contributed by atoms with Crippen molar-refractivity contribution in [3.63, 3.8) is 0 Å². The minimum atomic E-state index is -3.21. The minimum absolute atomic E-state index is 0.439. The molecule has 1 unspecified atom stereocenters. The Morgan fingerprint density at radius 3 is 2.72 bits per heavy atom. The first-order valence-corrected chi connectivity index (χ1v) is 10.0. The van der Waals surface area contributed by atoms with Crippen LogP contribution in [0.2, 0.25) is 5.02 Å². The third-order valence-corrected chi connectivity index (χ3v) is 5.24. The van der Waals surface area contributed by atoms with Crippen LogP contribution in [0.25, 0.3) is 0 Å². The molecular formula is C22H27ClO6. The number of aliphatic hydroxyl groups is 3. The van der Waals surface area contributed by atoms with Crippen LogP contribution in [0.5, 0.6) is 5.75 Å². The Hall–Kier alpha value is -2.08. The van der Waals surface area contributed by atoms with E-state index in [0.29, 0.717) is 23.5 Å². The number of aliphatic hydroxyl groups excluding tert-OH is 1. The summed E-state index contributed by atoms with van der Waals surface area (Å²) in [6, 6.07) is 7.26. The third-order valence-electron chi connectivity index (χ3n) is 4.99. The van der Waals surface area contributed by atoms with E-state index in [1.54, 1.807) is 18.2 Å². The largest absolute Gasteiger partial charge is 0.493 e. The Bertz CT molecular complexity index is 749. The molecular weight excluding hydrogens is 396 g/mol. The summed E-state index contributed by atoms with van der Waals surface area (Å²) in [5, 5.41) is 37.3. The quantitative estimate of drug-likeness (QED) is 0.199. The van der Waals surface area contributed by atoms with Crippen LogP contribution in [0, 0.1) is 11.8 Å². The van der Waals surface area contributed by atoms with E-state index in [-0.39, 0.29) is 0 Å². The fourth-order valence-corrected chi connectivity index (χ4v) is 3.41. The lowest BCUT2D eigenvalue weighted by Crippen LogP contribution is -2.48. The number of hydrogen-bond acceptors (Lipinski definition) is 5. The van der Waals surface area contributed by atoms with Gasteiger partial charge in [0.1, 0.15) is 11.9 Å². The summed E-state index contributed by atoms with van der Waals surface area (Å²) in [5.41, 5.74) is 2.66. The molecule has 3 atom stereocenters. The standard InChI is InChI=1S/C22H27ClO6/c23-18-11-13-19(14-12-18)29-15-4-3-7-17-9-5-8-16(17)6-1-2-10-20(24)22(27,28)21(25)26/h1,3,7,10-14,16-17,20,24,27-28H,4-6,8-9,15H2,(H,25,26)/b7-3+/t2?,16-,17-,20?/m0/s1. The minimum Gasteiger partial charge on any atom is -0.493 e. The number of rotatable bonds is 10.